The highest BCUT2D eigenvalue weighted by molar-refractivity contribution is 5.66. The largest absolute Gasteiger partial charge is 0.212 e. The molecule has 0 spiro atoms. The Labute approximate surface area is 167 Å². The van der Waals surface area contributed by atoms with Gasteiger partial charge in [0.05, 0.1) is 5.83 Å². The number of allylic oxidation sites excluding steroid dienone is 1. The van der Waals surface area contributed by atoms with Crippen molar-refractivity contribution in [3.05, 3.63) is 71.1 Å². The number of fused-ring (bicyclic) bond motifs is 1. The van der Waals surface area contributed by atoms with Crippen molar-refractivity contribution in [2.75, 3.05) is 0 Å². The van der Waals surface area contributed by atoms with Crippen LogP contribution in [-0.4, -0.2) is 0 Å². The maximum absolute atomic E-state index is 15.1. The predicted octanol–water partition coefficient (Wildman–Crippen LogP) is 7.30. The molecule has 5 heteroatoms. The molecule has 2 aromatic rings. The van der Waals surface area contributed by atoms with Crippen molar-refractivity contribution >= 4 is 0 Å². The van der Waals surface area contributed by atoms with Crippen molar-refractivity contribution in [1.29, 1.82) is 0 Å². The molecule has 0 nitrogen and oxygen atoms in total. The van der Waals surface area contributed by atoms with Gasteiger partial charge in [-0.25, -0.2) is 22.0 Å². The molecule has 1 fully saturated rings. The third kappa shape index (κ3) is 3.84. The minimum Gasteiger partial charge on any atom is -0.212 e. The summed E-state index contributed by atoms with van der Waals surface area (Å²) in [6.45, 7) is 3.43. The highest BCUT2D eigenvalue weighted by atomic mass is 19.2. The Morgan fingerprint density at radius 2 is 1.48 bits per heavy atom. The molecule has 2 aliphatic rings. The molecule has 1 atom stereocenters. The standard InChI is InChI=1S/C24H23F5/c1-13(25)14-2-4-15(5-3-14)16-6-8-19-17(10-16)7-9-20(23(19)28)18-11-21(26)24(29)22(27)12-18/h7,9,11-12,14-16H,1-6,8,10H2. The van der Waals surface area contributed by atoms with Gasteiger partial charge in [-0.2, -0.15) is 0 Å². The SMILES string of the molecule is C=C(F)C1CCC(C2CCc3c(ccc(-c4cc(F)c(F)c(F)c4)c3F)C2)CC1. The summed E-state index contributed by atoms with van der Waals surface area (Å²) in [5, 5.41) is 0. The number of halogens is 5. The van der Waals surface area contributed by atoms with Crippen molar-refractivity contribution in [3.8, 4) is 11.1 Å². The van der Waals surface area contributed by atoms with Crippen LogP contribution in [0.25, 0.3) is 11.1 Å². The normalized spacial score (nSPS) is 24.2. The molecule has 1 unspecified atom stereocenters. The second kappa shape index (κ2) is 7.92. The van der Waals surface area contributed by atoms with E-state index in [9.17, 15) is 17.6 Å². The fourth-order valence-electron chi connectivity index (χ4n) is 5.08. The van der Waals surface area contributed by atoms with Crippen LogP contribution in [0.4, 0.5) is 22.0 Å². The van der Waals surface area contributed by atoms with Gasteiger partial charge in [-0.1, -0.05) is 18.7 Å². The Morgan fingerprint density at radius 3 is 2.10 bits per heavy atom. The molecule has 0 bridgehead atoms. The molecular formula is C24H23F5. The summed E-state index contributed by atoms with van der Waals surface area (Å²) in [6, 6.07) is 4.98. The summed E-state index contributed by atoms with van der Waals surface area (Å²) in [5.74, 6) is -4.01. The smallest absolute Gasteiger partial charge is 0.194 e. The van der Waals surface area contributed by atoms with Crippen LogP contribution in [0, 0.1) is 41.0 Å². The van der Waals surface area contributed by atoms with Gasteiger partial charge in [0, 0.05) is 11.5 Å². The van der Waals surface area contributed by atoms with Gasteiger partial charge in [-0.05, 0) is 85.6 Å². The van der Waals surface area contributed by atoms with E-state index in [1.165, 1.54) is 6.07 Å². The summed E-state index contributed by atoms with van der Waals surface area (Å²) >= 11 is 0. The minimum atomic E-state index is -1.55. The van der Waals surface area contributed by atoms with Crippen LogP contribution in [0.2, 0.25) is 0 Å². The van der Waals surface area contributed by atoms with Gasteiger partial charge in [0.15, 0.2) is 17.5 Å². The molecule has 0 aromatic heterocycles. The van der Waals surface area contributed by atoms with Gasteiger partial charge >= 0.3 is 0 Å². The minimum absolute atomic E-state index is 0.00593. The van der Waals surface area contributed by atoms with E-state index in [0.29, 0.717) is 23.8 Å². The molecule has 29 heavy (non-hydrogen) atoms. The lowest BCUT2D eigenvalue weighted by Gasteiger charge is -2.36. The summed E-state index contributed by atoms with van der Waals surface area (Å²) in [5.41, 5.74) is 1.58. The van der Waals surface area contributed by atoms with Crippen molar-refractivity contribution in [3.63, 3.8) is 0 Å². The lowest BCUT2D eigenvalue weighted by Crippen LogP contribution is -2.27. The molecule has 4 rings (SSSR count). The highest BCUT2D eigenvalue weighted by Crippen LogP contribution is 2.42. The quantitative estimate of drug-likeness (QED) is 0.370. The van der Waals surface area contributed by atoms with Crippen molar-refractivity contribution in [2.24, 2.45) is 17.8 Å². The van der Waals surface area contributed by atoms with Gasteiger partial charge in [0.1, 0.15) is 5.82 Å². The van der Waals surface area contributed by atoms with Crippen LogP contribution in [0.15, 0.2) is 36.7 Å². The fourth-order valence-corrected chi connectivity index (χ4v) is 5.08. The monoisotopic (exact) mass is 406 g/mol. The lowest BCUT2D eigenvalue weighted by molar-refractivity contribution is 0.192. The van der Waals surface area contributed by atoms with E-state index in [1.807, 2.05) is 6.07 Å². The van der Waals surface area contributed by atoms with Gasteiger partial charge in [-0.3, -0.25) is 0 Å². The average molecular weight is 406 g/mol. The first-order valence-corrected chi connectivity index (χ1v) is 10.1. The zero-order chi connectivity index (χ0) is 20.7. The first kappa shape index (κ1) is 20.1. The molecule has 0 saturated heterocycles. The fraction of sp³-hybridized carbons (Fsp3) is 0.417. The molecule has 1 saturated carbocycles. The topological polar surface area (TPSA) is 0 Å². The van der Waals surface area contributed by atoms with E-state index in [4.69, 9.17) is 0 Å². The van der Waals surface area contributed by atoms with Crippen LogP contribution in [0.3, 0.4) is 0 Å². The molecule has 2 aromatic carbocycles. The zero-order valence-corrected chi connectivity index (χ0v) is 16.1. The first-order chi connectivity index (χ1) is 13.8. The Bertz CT molecular complexity index is 918. The third-order valence-corrected chi connectivity index (χ3v) is 6.76. The third-order valence-electron chi connectivity index (χ3n) is 6.76. The van der Waals surface area contributed by atoms with E-state index < -0.39 is 23.3 Å². The van der Waals surface area contributed by atoms with Gasteiger partial charge < -0.3 is 0 Å². The summed E-state index contributed by atoms with van der Waals surface area (Å²) in [4.78, 5) is 0. The second-order valence-corrected chi connectivity index (χ2v) is 8.38. The van der Waals surface area contributed by atoms with E-state index in [-0.39, 0.29) is 22.9 Å². The first-order valence-electron chi connectivity index (χ1n) is 10.1. The molecule has 0 amide bonds. The van der Waals surface area contributed by atoms with E-state index >= 15 is 4.39 Å². The number of hydrogen-bond donors (Lipinski definition) is 0. The predicted molar refractivity (Wildman–Crippen MR) is 103 cm³/mol. The van der Waals surface area contributed by atoms with Crippen LogP contribution >= 0.6 is 0 Å². The van der Waals surface area contributed by atoms with Crippen LogP contribution in [0.1, 0.15) is 43.2 Å². The van der Waals surface area contributed by atoms with E-state index in [1.54, 1.807) is 0 Å². The molecule has 0 N–H and O–H groups in total. The van der Waals surface area contributed by atoms with Crippen LogP contribution in [0.5, 0.6) is 0 Å². The molecule has 2 aliphatic carbocycles. The Kier molecular flexibility index (Phi) is 5.50. The lowest BCUT2D eigenvalue weighted by atomic mass is 9.69. The Morgan fingerprint density at radius 1 is 0.828 bits per heavy atom. The van der Waals surface area contributed by atoms with Crippen molar-refractivity contribution in [1.82, 2.24) is 0 Å². The summed E-state index contributed by atoms with van der Waals surface area (Å²) in [6.07, 6.45) is 5.71. The van der Waals surface area contributed by atoms with Gasteiger partial charge in [0.25, 0.3) is 0 Å². The molecule has 0 aliphatic heterocycles. The Hall–Kier alpha value is -2.17. The molecule has 154 valence electrons. The van der Waals surface area contributed by atoms with Crippen molar-refractivity contribution < 1.29 is 22.0 Å². The molecule has 0 heterocycles. The average Bonchev–Trinajstić information content (AvgIpc) is 2.71. The molecular weight excluding hydrogens is 383 g/mol. The van der Waals surface area contributed by atoms with Crippen LogP contribution in [-0.2, 0) is 12.8 Å². The number of rotatable bonds is 3. The number of hydrogen-bond acceptors (Lipinski definition) is 0. The maximum Gasteiger partial charge on any atom is 0.194 e. The maximum atomic E-state index is 15.1. The van der Waals surface area contributed by atoms with Crippen LogP contribution < -0.4 is 0 Å². The van der Waals surface area contributed by atoms with E-state index in [0.717, 1.165) is 56.2 Å². The Balaban J connectivity index is 1.54. The van der Waals surface area contributed by atoms with Crippen molar-refractivity contribution in [2.45, 2.75) is 44.9 Å². The second-order valence-electron chi connectivity index (χ2n) is 8.38. The zero-order valence-electron chi connectivity index (χ0n) is 16.1. The number of benzene rings is 2. The molecule has 0 radical (unpaired) electrons. The van der Waals surface area contributed by atoms with Gasteiger partial charge in [-0.15, -0.1) is 0 Å². The van der Waals surface area contributed by atoms with Gasteiger partial charge in [0.2, 0.25) is 0 Å². The highest BCUT2D eigenvalue weighted by Gasteiger charge is 2.32. The summed E-state index contributed by atoms with van der Waals surface area (Å²) in [7, 11) is 0. The summed E-state index contributed by atoms with van der Waals surface area (Å²) < 4.78 is 68.8. The van der Waals surface area contributed by atoms with E-state index in [2.05, 4.69) is 6.58 Å².